The molecular formula is C24H24N6O2. The molecule has 0 radical (unpaired) electrons. The topological polar surface area (TPSA) is 94.7 Å². The minimum absolute atomic E-state index is 0.136. The van der Waals surface area contributed by atoms with E-state index in [1.165, 1.54) is 4.57 Å². The van der Waals surface area contributed by atoms with Gasteiger partial charge in [0.2, 0.25) is 0 Å². The van der Waals surface area contributed by atoms with Crippen molar-refractivity contribution in [3.05, 3.63) is 111 Å². The molecule has 0 aliphatic carbocycles. The number of nitrogens with one attached hydrogen (secondary N) is 1. The van der Waals surface area contributed by atoms with Crippen LogP contribution < -0.4 is 10.9 Å². The molecule has 4 aromatic rings. The van der Waals surface area contributed by atoms with Crippen LogP contribution in [0.25, 0.3) is 0 Å². The Morgan fingerprint density at radius 3 is 2.50 bits per heavy atom. The Labute approximate surface area is 185 Å². The molecule has 0 fully saturated rings. The first kappa shape index (κ1) is 21.2. The van der Waals surface area contributed by atoms with Crippen molar-refractivity contribution in [3.63, 3.8) is 0 Å². The van der Waals surface area contributed by atoms with Crippen LogP contribution in [0.2, 0.25) is 0 Å². The zero-order chi connectivity index (χ0) is 22.5. The SMILES string of the molecule is Cc1cnc(Cn2ccc(C)c(C(=O)NCc3ccccc3Cn3cccn3)c2=O)cn1. The molecule has 162 valence electrons. The van der Waals surface area contributed by atoms with Crippen LogP contribution >= 0.6 is 0 Å². The first-order valence-electron chi connectivity index (χ1n) is 10.3. The smallest absolute Gasteiger partial charge is 0.264 e. The minimum Gasteiger partial charge on any atom is -0.348 e. The molecule has 8 heteroatoms. The summed E-state index contributed by atoms with van der Waals surface area (Å²) >= 11 is 0. The Morgan fingerprint density at radius 1 is 0.969 bits per heavy atom. The zero-order valence-corrected chi connectivity index (χ0v) is 18.0. The second-order valence-corrected chi connectivity index (χ2v) is 7.61. The number of pyridine rings is 1. The zero-order valence-electron chi connectivity index (χ0n) is 18.0. The molecule has 0 bridgehead atoms. The van der Waals surface area contributed by atoms with Gasteiger partial charge < -0.3 is 9.88 Å². The van der Waals surface area contributed by atoms with Gasteiger partial charge in [-0.2, -0.15) is 5.10 Å². The van der Waals surface area contributed by atoms with Crippen molar-refractivity contribution in [3.8, 4) is 0 Å². The summed E-state index contributed by atoms with van der Waals surface area (Å²) in [7, 11) is 0. The predicted octanol–water partition coefficient (Wildman–Crippen LogP) is 2.48. The summed E-state index contributed by atoms with van der Waals surface area (Å²) in [6.07, 6.45) is 8.59. The molecule has 0 saturated carbocycles. The van der Waals surface area contributed by atoms with E-state index in [4.69, 9.17) is 0 Å². The van der Waals surface area contributed by atoms with Crippen molar-refractivity contribution >= 4 is 5.91 Å². The van der Waals surface area contributed by atoms with Gasteiger partial charge in [-0.3, -0.25) is 24.2 Å². The fraction of sp³-hybridized carbons (Fsp3) is 0.208. The lowest BCUT2D eigenvalue weighted by molar-refractivity contribution is 0.0948. The highest BCUT2D eigenvalue weighted by Crippen LogP contribution is 2.11. The molecule has 1 aromatic carbocycles. The van der Waals surface area contributed by atoms with Gasteiger partial charge in [-0.25, -0.2) is 0 Å². The first-order valence-corrected chi connectivity index (χ1v) is 10.3. The average Bonchev–Trinajstić information content (AvgIpc) is 3.30. The molecular weight excluding hydrogens is 404 g/mol. The quantitative estimate of drug-likeness (QED) is 0.488. The standard InChI is InChI=1S/C24H24N6O2/c1-17-8-11-29(16-21-14-25-18(2)12-26-21)24(32)22(17)23(31)27-13-19-6-3-4-7-20(19)15-30-10-5-9-28-30/h3-12,14H,13,15-16H2,1-2H3,(H,27,31). The van der Waals surface area contributed by atoms with E-state index in [0.717, 1.165) is 16.8 Å². The molecule has 1 amide bonds. The van der Waals surface area contributed by atoms with Crippen molar-refractivity contribution in [2.45, 2.75) is 33.5 Å². The summed E-state index contributed by atoms with van der Waals surface area (Å²) in [5.74, 6) is -0.397. The van der Waals surface area contributed by atoms with Crippen molar-refractivity contribution in [2.75, 3.05) is 0 Å². The third-order valence-corrected chi connectivity index (χ3v) is 5.22. The number of carbonyl (C=O) groups is 1. The van der Waals surface area contributed by atoms with Gasteiger partial charge in [0.25, 0.3) is 11.5 Å². The van der Waals surface area contributed by atoms with E-state index >= 15 is 0 Å². The summed E-state index contributed by atoms with van der Waals surface area (Å²) in [5.41, 5.74) is 3.89. The Morgan fingerprint density at radius 2 is 1.78 bits per heavy atom. The molecule has 0 atom stereocenters. The third-order valence-electron chi connectivity index (χ3n) is 5.22. The molecule has 3 aromatic heterocycles. The number of hydrogen-bond acceptors (Lipinski definition) is 5. The van der Waals surface area contributed by atoms with Crippen molar-refractivity contribution in [1.82, 2.24) is 29.6 Å². The lowest BCUT2D eigenvalue weighted by Crippen LogP contribution is -2.34. The summed E-state index contributed by atoms with van der Waals surface area (Å²) in [6.45, 7) is 4.78. The number of amides is 1. The number of nitrogens with zero attached hydrogens (tertiary/aromatic N) is 5. The van der Waals surface area contributed by atoms with Gasteiger partial charge in [-0.15, -0.1) is 0 Å². The normalized spacial score (nSPS) is 10.8. The minimum atomic E-state index is -0.397. The second kappa shape index (κ2) is 9.38. The van der Waals surface area contributed by atoms with Crippen molar-refractivity contribution in [1.29, 1.82) is 0 Å². The summed E-state index contributed by atoms with van der Waals surface area (Å²) in [6, 6.07) is 11.5. The largest absolute Gasteiger partial charge is 0.348 e. The average molecular weight is 428 g/mol. The van der Waals surface area contributed by atoms with Gasteiger partial charge in [-0.05, 0) is 42.7 Å². The van der Waals surface area contributed by atoms with Crippen LogP contribution in [0.1, 0.15) is 38.4 Å². The number of hydrogen-bond donors (Lipinski definition) is 1. The number of aryl methyl sites for hydroxylation is 2. The maximum atomic E-state index is 13.0. The van der Waals surface area contributed by atoms with Crippen molar-refractivity contribution in [2.24, 2.45) is 0 Å². The lowest BCUT2D eigenvalue weighted by atomic mass is 10.1. The molecule has 3 heterocycles. The van der Waals surface area contributed by atoms with Gasteiger partial charge in [0, 0.05) is 31.3 Å². The highest BCUT2D eigenvalue weighted by molar-refractivity contribution is 5.95. The van der Waals surface area contributed by atoms with Gasteiger partial charge in [0.05, 0.1) is 30.7 Å². The Kier molecular flexibility index (Phi) is 6.21. The van der Waals surface area contributed by atoms with Crippen LogP contribution in [0.15, 0.2) is 72.2 Å². The number of rotatable bonds is 7. The monoisotopic (exact) mass is 428 g/mol. The van der Waals surface area contributed by atoms with E-state index in [-0.39, 0.29) is 17.7 Å². The third kappa shape index (κ3) is 4.80. The van der Waals surface area contributed by atoms with Crippen LogP contribution in [0.4, 0.5) is 0 Å². The fourth-order valence-corrected chi connectivity index (χ4v) is 3.46. The summed E-state index contributed by atoms with van der Waals surface area (Å²) in [4.78, 5) is 34.5. The van der Waals surface area contributed by atoms with Crippen LogP contribution in [0.3, 0.4) is 0 Å². The predicted molar refractivity (Wildman–Crippen MR) is 120 cm³/mol. The summed E-state index contributed by atoms with van der Waals surface area (Å²) < 4.78 is 3.31. The number of aromatic nitrogens is 5. The van der Waals surface area contributed by atoms with E-state index in [0.29, 0.717) is 24.3 Å². The van der Waals surface area contributed by atoms with Crippen LogP contribution in [-0.2, 0) is 19.6 Å². The molecule has 0 spiro atoms. The molecule has 0 saturated heterocycles. The highest BCUT2D eigenvalue weighted by atomic mass is 16.2. The highest BCUT2D eigenvalue weighted by Gasteiger charge is 2.16. The van der Waals surface area contributed by atoms with E-state index < -0.39 is 5.91 Å². The number of carbonyl (C=O) groups excluding carboxylic acids is 1. The maximum absolute atomic E-state index is 13.0. The maximum Gasteiger partial charge on any atom is 0.264 e. The molecule has 32 heavy (non-hydrogen) atoms. The molecule has 1 N–H and O–H groups in total. The molecule has 0 aliphatic heterocycles. The molecule has 0 unspecified atom stereocenters. The number of benzene rings is 1. The molecule has 0 aliphatic rings. The van der Waals surface area contributed by atoms with Crippen LogP contribution in [0, 0.1) is 13.8 Å². The Bertz CT molecular complexity index is 1280. The van der Waals surface area contributed by atoms with Gasteiger partial charge in [-0.1, -0.05) is 24.3 Å². The van der Waals surface area contributed by atoms with E-state index in [1.54, 1.807) is 37.8 Å². The van der Waals surface area contributed by atoms with E-state index in [9.17, 15) is 9.59 Å². The summed E-state index contributed by atoms with van der Waals surface area (Å²) in [5, 5.41) is 7.15. The second-order valence-electron chi connectivity index (χ2n) is 7.61. The van der Waals surface area contributed by atoms with Gasteiger partial charge in [0.1, 0.15) is 5.56 Å². The van der Waals surface area contributed by atoms with E-state index in [2.05, 4.69) is 20.4 Å². The Hall–Kier alpha value is -4.07. The molecule has 8 nitrogen and oxygen atoms in total. The van der Waals surface area contributed by atoms with Crippen molar-refractivity contribution < 1.29 is 4.79 Å². The van der Waals surface area contributed by atoms with Crippen LogP contribution in [0.5, 0.6) is 0 Å². The lowest BCUT2D eigenvalue weighted by Gasteiger charge is -2.13. The van der Waals surface area contributed by atoms with E-state index in [1.807, 2.05) is 48.1 Å². The van der Waals surface area contributed by atoms with Gasteiger partial charge >= 0.3 is 0 Å². The molecule has 4 rings (SSSR count). The fourth-order valence-electron chi connectivity index (χ4n) is 3.46. The van der Waals surface area contributed by atoms with Crippen LogP contribution in [-0.4, -0.2) is 30.2 Å². The Balaban J connectivity index is 1.52. The van der Waals surface area contributed by atoms with Gasteiger partial charge in [0.15, 0.2) is 0 Å². The first-order chi connectivity index (χ1) is 15.5.